The first kappa shape index (κ1) is 14.7. The number of rotatable bonds is 6. The molecule has 0 atom stereocenters. The highest BCUT2D eigenvalue weighted by atomic mass is 16.5. The van der Waals surface area contributed by atoms with Crippen molar-refractivity contribution >= 4 is 11.8 Å². The molecule has 0 bridgehead atoms. The van der Waals surface area contributed by atoms with Crippen LogP contribution in [0.4, 0.5) is 0 Å². The van der Waals surface area contributed by atoms with Crippen LogP contribution >= 0.6 is 0 Å². The Morgan fingerprint density at radius 1 is 1.10 bits per heavy atom. The van der Waals surface area contributed by atoms with E-state index in [2.05, 4.69) is 9.72 Å². The Balaban J connectivity index is 1.90. The molecule has 0 aliphatic carbocycles. The normalized spacial score (nSPS) is 9.95. The highest BCUT2D eigenvalue weighted by molar-refractivity contribution is 6.33. The van der Waals surface area contributed by atoms with Gasteiger partial charge < -0.3 is 9.47 Å². The van der Waals surface area contributed by atoms with E-state index in [4.69, 9.17) is 4.74 Å². The van der Waals surface area contributed by atoms with Crippen LogP contribution in [0.15, 0.2) is 48.7 Å². The van der Waals surface area contributed by atoms with E-state index in [1.54, 1.807) is 12.1 Å². The van der Waals surface area contributed by atoms with Crippen LogP contribution in [0.3, 0.4) is 0 Å². The van der Waals surface area contributed by atoms with Crippen molar-refractivity contribution in [3.63, 3.8) is 0 Å². The molecule has 0 aliphatic rings. The highest BCUT2D eigenvalue weighted by Crippen LogP contribution is 2.12. The minimum absolute atomic E-state index is 0.0777. The van der Waals surface area contributed by atoms with Crippen molar-refractivity contribution in [2.75, 3.05) is 7.11 Å². The molecule has 108 valence electrons. The van der Waals surface area contributed by atoms with Gasteiger partial charge in [0.25, 0.3) is 0 Å². The van der Waals surface area contributed by atoms with Gasteiger partial charge in [-0.15, -0.1) is 0 Å². The van der Waals surface area contributed by atoms with Crippen molar-refractivity contribution in [1.29, 1.82) is 0 Å². The van der Waals surface area contributed by atoms with Gasteiger partial charge in [-0.25, -0.2) is 4.79 Å². The second kappa shape index (κ2) is 7.19. The molecule has 5 heteroatoms. The molecule has 1 aromatic carbocycles. The summed E-state index contributed by atoms with van der Waals surface area (Å²) < 4.78 is 9.94. The predicted octanol–water partition coefficient (Wildman–Crippen LogP) is 1.95. The number of hydrogen-bond donors (Lipinski definition) is 0. The van der Waals surface area contributed by atoms with Crippen LogP contribution in [0.25, 0.3) is 0 Å². The molecule has 2 rings (SSSR count). The van der Waals surface area contributed by atoms with Gasteiger partial charge in [0.05, 0.1) is 19.7 Å². The Hall–Kier alpha value is -2.69. The lowest BCUT2D eigenvalue weighted by Crippen LogP contribution is -2.18. The Labute approximate surface area is 122 Å². The lowest BCUT2D eigenvalue weighted by molar-refractivity contribution is -0.151. The molecule has 21 heavy (non-hydrogen) atoms. The SMILES string of the molecule is COC(=O)C(=O)Cc1ccc(OCc2ccccc2)cn1. The zero-order valence-electron chi connectivity index (χ0n) is 11.6. The highest BCUT2D eigenvalue weighted by Gasteiger charge is 2.14. The van der Waals surface area contributed by atoms with Crippen LogP contribution in [0, 0.1) is 0 Å². The quantitative estimate of drug-likeness (QED) is 0.599. The van der Waals surface area contributed by atoms with Gasteiger partial charge in [-0.3, -0.25) is 9.78 Å². The van der Waals surface area contributed by atoms with Gasteiger partial charge in [0, 0.05) is 5.69 Å². The molecule has 0 aliphatic heterocycles. The van der Waals surface area contributed by atoms with Crippen LogP contribution in [0.2, 0.25) is 0 Å². The van der Waals surface area contributed by atoms with E-state index in [1.165, 1.54) is 13.3 Å². The zero-order valence-corrected chi connectivity index (χ0v) is 11.6. The van der Waals surface area contributed by atoms with Gasteiger partial charge in [-0.2, -0.15) is 0 Å². The summed E-state index contributed by atoms with van der Waals surface area (Å²) in [5.41, 5.74) is 1.56. The molecule has 0 saturated carbocycles. The molecular weight excluding hydrogens is 270 g/mol. The first-order chi connectivity index (χ1) is 10.2. The van der Waals surface area contributed by atoms with Crippen molar-refractivity contribution in [3.05, 3.63) is 59.9 Å². The second-order valence-corrected chi connectivity index (χ2v) is 4.35. The van der Waals surface area contributed by atoms with Crippen molar-refractivity contribution in [2.45, 2.75) is 13.0 Å². The minimum atomic E-state index is -0.860. The average Bonchev–Trinajstić information content (AvgIpc) is 2.54. The summed E-state index contributed by atoms with van der Waals surface area (Å²) in [6, 6.07) is 13.1. The maximum Gasteiger partial charge on any atom is 0.374 e. The number of carbonyl (C=O) groups is 2. The van der Waals surface area contributed by atoms with Crippen LogP contribution in [-0.2, 0) is 27.4 Å². The van der Waals surface area contributed by atoms with Crippen LogP contribution in [0.5, 0.6) is 5.75 Å². The van der Waals surface area contributed by atoms with Gasteiger partial charge in [0.15, 0.2) is 0 Å². The van der Waals surface area contributed by atoms with E-state index in [1.807, 2.05) is 30.3 Å². The molecule has 5 nitrogen and oxygen atoms in total. The fourth-order valence-electron chi connectivity index (χ4n) is 1.69. The van der Waals surface area contributed by atoms with Crippen LogP contribution < -0.4 is 4.74 Å². The van der Waals surface area contributed by atoms with Gasteiger partial charge in [0.2, 0.25) is 5.78 Å². The van der Waals surface area contributed by atoms with E-state index >= 15 is 0 Å². The molecule has 0 saturated heterocycles. The predicted molar refractivity (Wildman–Crippen MR) is 75.7 cm³/mol. The summed E-state index contributed by atoms with van der Waals surface area (Å²) in [5, 5.41) is 0. The molecule has 1 heterocycles. The van der Waals surface area contributed by atoms with Crippen LogP contribution in [0.1, 0.15) is 11.3 Å². The average molecular weight is 285 g/mol. The first-order valence-corrected chi connectivity index (χ1v) is 6.42. The van der Waals surface area contributed by atoms with Crippen molar-refractivity contribution in [2.24, 2.45) is 0 Å². The van der Waals surface area contributed by atoms with Gasteiger partial charge >= 0.3 is 5.97 Å². The van der Waals surface area contributed by atoms with E-state index in [0.29, 0.717) is 18.1 Å². The standard InChI is InChI=1S/C16H15NO4/c1-20-16(19)15(18)9-13-7-8-14(10-17-13)21-11-12-5-3-2-4-6-12/h2-8,10H,9,11H2,1H3. The van der Waals surface area contributed by atoms with Crippen molar-refractivity contribution < 1.29 is 19.1 Å². The number of hydrogen-bond acceptors (Lipinski definition) is 5. The second-order valence-electron chi connectivity index (χ2n) is 4.35. The number of pyridine rings is 1. The summed E-state index contributed by atoms with van der Waals surface area (Å²) in [7, 11) is 1.17. The maximum absolute atomic E-state index is 11.4. The number of ketones is 1. The Bertz CT molecular complexity index is 608. The van der Waals surface area contributed by atoms with Gasteiger partial charge in [0.1, 0.15) is 12.4 Å². The van der Waals surface area contributed by atoms with Crippen molar-refractivity contribution in [1.82, 2.24) is 4.98 Å². The first-order valence-electron chi connectivity index (χ1n) is 6.42. The number of ether oxygens (including phenoxy) is 2. The number of esters is 1. The number of nitrogens with zero attached hydrogens (tertiary/aromatic N) is 1. The molecular formula is C16H15NO4. The fourth-order valence-corrected chi connectivity index (χ4v) is 1.69. The minimum Gasteiger partial charge on any atom is -0.487 e. The van der Waals surface area contributed by atoms with Gasteiger partial charge in [-0.1, -0.05) is 30.3 Å². The monoisotopic (exact) mass is 285 g/mol. The Kier molecular flexibility index (Phi) is 5.04. The summed E-state index contributed by atoms with van der Waals surface area (Å²) in [6.07, 6.45) is 1.45. The lowest BCUT2D eigenvalue weighted by atomic mass is 10.2. The summed E-state index contributed by atoms with van der Waals surface area (Å²) in [4.78, 5) is 26.5. The molecule has 0 unspecified atom stereocenters. The summed E-state index contributed by atoms with van der Waals surface area (Å²) in [6.45, 7) is 0.447. The molecule has 0 amide bonds. The third-order valence-electron chi connectivity index (χ3n) is 2.80. The molecule has 0 fully saturated rings. The molecule has 1 aromatic heterocycles. The topological polar surface area (TPSA) is 65.5 Å². The maximum atomic E-state index is 11.4. The van der Waals surface area contributed by atoms with E-state index < -0.39 is 11.8 Å². The largest absolute Gasteiger partial charge is 0.487 e. The Morgan fingerprint density at radius 3 is 2.48 bits per heavy atom. The van der Waals surface area contributed by atoms with E-state index in [0.717, 1.165) is 5.56 Å². The number of Topliss-reactive ketones (excluding diaryl/α,β-unsaturated/α-hetero) is 1. The van der Waals surface area contributed by atoms with E-state index in [9.17, 15) is 9.59 Å². The van der Waals surface area contributed by atoms with Gasteiger partial charge in [-0.05, 0) is 17.7 Å². The smallest absolute Gasteiger partial charge is 0.374 e. The number of carbonyl (C=O) groups excluding carboxylic acids is 2. The fraction of sp³-hybridized carbons (Fsp3) is 0.188. The summed E-state index contributed by atoms with van der Waals surface area (Å²) >= 11 is 0. The molecule has 0 N–H and O–H groups in total. The number of benzene rings is 1. The molecule has 2 aromatic rings. The Morgan fingerprint density at radius 2 is 1.86 bits per heavy atom. The van der Waals surface area contributed by atoms with Crippen molar-refractivity contribution in [3.8, 4) is 5.75 Å². The molecule has 0 spiro atoms. The summed E-state index contributed by atoms with van der Waals surface area (Å²) in [5.74, 6) is -0.878. The lowest BCUT2D eigenvalue weighted by Gasteiger charge is -2.06. The third kappa shape index (κ3) is 4.42. The van der Waals surface area contributed by atoms with E-state index in [-0.39, 0.29) is 6.42 Å². The number of methoxy groups -OCH3 is 1. The zero-order chi connectivity index (χ0) is 15.1. The van der Waals surface area contributed by atoms with Crippen LogP contribution in [-0.4, -0.2) is 23.8 Å². The number of aromatic nitrogens is 1. The third-order valence-corrected chi connectivity index (χ3v) is 2.80. The molecule has 0 radical (unpaired) electrons.